The maximum Gasteiger partial charge on any atom is 0.309 e. The third-order valence-corrected chi connectivity index (χ3v) is 2.39. The summed E-state index contributed by atoms with van der Waals surface area (Å²) >= 11 is 2.87. The van der Waals surface area contributed by atoms with Gasteiger partial charge in [-0.2, -0.15) is 5.26 Å². The fourth-order valence-corrected chi connectivity index (χ4v) is 1.76. The number of hydrogen-bond acceptors (Lipinski definition) is 3. The lowest BCUT2D eigenvalue weighted by atomic mass is 10.1. The van der Waals surface area contributed by atoms with Gasteiger partial charge in [0.1, 0.15) is 11.8 Å². The molecule has 0 bridgehead atoms. The number of nitrogens with zero attached hydrogens (tertiary/aromatic N) is 2. The molecule has 84 valence electrons. The molecule has 0 fully saturated rings. The summed E-state index contributed by atoms with van der Waals surface area (Å²) in [6.45, 7) is 0. The second-order valence-corrected chi connectivity index (χ2v) is 3.69. The average Bonchev–Trinajstić information content (AvgIpc) is 2.14. The fraction of sp³-hybridized carbons (Fsp3) is 0.222. The van der Waals surface area contributed by atoms with E-state index in [0.717, 1.165) is 6.07 Å². The lowest BCUT2D eigenvalue weighted by Crippen LogP contribution is -2.08. The summed E-state index contributed by atoms with van der Waals surface area (Å²) in [6, 6.07) is 2.80. The van der Waals surface area contributed by atoms with Crippen molar-refractivity contribution < 1.29 is 18.7 Å². The lowest BCUT2D eigenvalue weighted by Gasteiger charge is -2.08. The first-order chi connectivity index (χ1) is 7.45. The van der Waals surface area contributed by atoms with Gasteiger partial charge < -0.3 is 5.11 Å². The van der Waals surface area contributed by atoms with Gasteiger partial charge in [0.05, 0.1) is 17.7 Å². The van der Waals surface area contributed by atoms with Crippen molar-refractivity contribution in [2.24, 2.45) is 0 Å². The first kappa shape index (κ1) is 12.5. The van der Waals surface area contributed by atoms with Crippen molar-refractivity contribution in [3.8, 4) is 6.07 Å². The number of pyridine rings is 1. The van der Waals surface area contributed by atoms with Crippen molar-refractivity contribution in [3.63, 3.8) is 0 Å². The molecule has 7 heteroatoms. The molecule has 0 spiro atoms. The molecule has 4 nitrogen and oxygen atoms in total. The fourth-order valence-electron chi connectivity index (χ4n) is 1.14. The highest BCUT2D eigenvalue weighted by molar-refractivity contribution is 9.10. The second-order valence-electron chi connectivity index (χ2n) is 2.83. The third kappa shape index (κ3) is 2.73. The molecule has 1 N–H and O–H groups in total. The van der Waals surface area contributed by atoms with Gasteiger partial charge >= 0.3 is 5.97 Å². The molecule has 0 radical (unpaired) electrons. The Morgan fingerprint density at radius 1 is 1.69 bits per heavy atom. The highest BCUT2D eigenvalue weighted by Gasteiger charge is 2.21. The molecule has 0 aliphatic heterocycles. The van der Waals surface area contributed by atoms with Crippen LogP contribution in [0.4, 0.5) is 8.78 Å². The predicted octanol–water partition coefficient (Wildman–Crippen LogP) is 2.28. The molecular formula is C9H5BrF2N2O2. The van der Waals surface area contributed by atoms with Crippen molar-refractivity contribution in [2.75, 3.05) is 0 Å². The van der Waals surface area contributed by atoms with Crippen LogP contribution in [0.3, 0.4) is 0 Å². The van der Waals surface area contributed by atoms with Crippen LogP contribution in [0.15, 0.2) is 10.5 Å². The molecule has 0 aliphatic carbocycles. The summed E-state index contributed by atoms with van der Waals surface area (Å²) in [4.78, 5) is 14.0. The number of halogens is 3. The number of aliphatic carboxylic acids is 1. The molecular weight excluding hydrogens is 286 g/mol. The smallest absolute Gasteiger partial charge is 0.309 e. The molecule has 1 heterocycles. The van der Waals surface area contributed by atoms with Crippen molar-refractivity contribution in [1.29, 1.82) is 5.26 Å². The number of rotatable bonds is 3. The van der Waals surface area contributed by atoms with Crippen LogP contribution in [0.2, 0.25) is 0 Å². The molecule has 0 unspecified atom stereocenters. The molecule has 0 atom stereocenters. The summed E-state index contributed by atoms with van der Waals surface area (Å²) in [7, 11) is 0. The number of carboxylic acid groups (broad SMARTS) is 1. The van der Waals surface area contributed by atoms with E-state index in [1.807, 2.05) is 0 Å². The maximum atomic E-state index is 12.6. The number of aromatic nitrogens is 1. The van der Waals surface area contributed by atoms with Gasteiger partial charge in [-0.25, -0.2) is 13.8 Å². The zero-order chi connectivity index (χ0) is 12.3. The largest absolute Gasteiger partial charge is 0.481 e. The Morgan fingerprint density at radius 3 is 2.75 bits per heavy atom. The van der Waals surface area contributed by atoms with E-state index in [2.05, 4.69) is 20.9 Å². The first-order valence-electron chi connectivity index (χ1n) is 4.05. The van der Waals surface area contributed by atoms with Gasteiger partial charge in [-0.15, -0.1) is 0 Å². The van der Waals surface area contributed by atoms with Crippen LogP contribution in [0.25, 0.3) is 0 Å². The molecule has 16 heavy (non-hydrogen) atoms. The van der Waals surface area contributed by atoms with Crippen LogP contribution >= 0.6 is 15.9 Å². The Labute approximate surface area is 97.7 Å². The van der Waals surface area contributed by atoms with Gasteiger partial charge in [-0.05, 0) is 6.07 Å². The van der Waals surface area contributed by atoms with E-state index in [-0.39, 0.29) is 15.9 Å². The summed E-state index contributed by atoms with van der Waals surface area (Å²) in [5, 5.41) is 17.1. The van der Waals surface area contributed by atoms with E-state index in [1.54, 1.807) is 6.07 Å². The molecule has 0 amide bonds. The van der Waals surface area contributed by atoms with Crippen LogP contribution < -0.4 is 0 Å². The van der Waals surface area contributed by atoms with Gasteiger partial charge in [0.25, 0.3) is 6.43 Å². The van der Waals surface area contributed by atoms with Crippen LogP contribution in [0.5, 0.6) is 0 Å². The minimum atomic E-state index is -2.84. The van der Waals surface area contributed by atoms with Crippen LogP contribution in [0, 0.1) is 11.3 Å². The quantitative estimate of drug-likeness (QED) is 0.927. The minimum Gasteiger partial charge on any atom is -0.481 e. The molecule has 0 aliphatic rings. The predicted molar refractivity (Wildman–Crippen MR) is 52.9 cm³/mol. The van der Waals surface area contributed by atoms with E-state index in [1.165, 1.54) is 0 Å². The topological polar surface area (TPSA) is 74.0 Å². The average molecular weight is 291 g/mol. The number of hydrogen-bond donors (Lipinski definition) is 1. The van der Waals surface area contributed by atoms with E-state index in [9.17, 15) is 13.6 Å². The highest BCUT2D eigenvalue weighted by atomic mass is 79.9. The van der Waals surface area contributed by atoms with E-state index in [0.29, 0.717) is 0 Å². The number of nitriles is 1. The van der Waals surface area contributed by atoms with Crippen LogP contribution in [-0.2, 0) is 11.2 Å². The van der Waals surface area contributed by atoms with Crippen molar-refractivity contribution in [2.45, 2.75) is 12.8 Å². The first-order valence-corrected chi connectivity index (χ1v) is 4.84. The van der Waals surface area contributed by atoms with Gasteiger partial charge in [-0.1, -0.05) is 15.9 Å². The number of carboxylic acids is 1. The summed E-state index contributed by atoms with van der Waals surface area (Å²) < 4.78 is 25.2. The number of carbonyl (C=O) groups is 1. The lowest BCUT2D eigenvalue weighted by molar-refractivity contribution is -0.136. The van der Waals surface area contributed by atoms with Crippen molar-refractivity contribution in [3.05, 3.63) is 27.5 Å². The zero-order valence-electron chi connectivity index (χ0n) is 7.75. The monoisotopic (exact) mass is 290 g/mol. The summed E-state index contributed by atoms with van der Waals surface area (Å²) in [5.41, 5.74) is -0.887. The summed E-state index contributed by atoms with van der Waals surface area (Å²) in [5.74, 6) is -1.28. The SMILES string of the molecule is N#Cc1cc(Br)c(C(F)F)c(CC(=O)O)n1. The Balaban J connectivity index is 3.35. The third-order valence-electron chi connectivity index (χ3n) is 1.74. The van der Waals surface area contributed by atoms with Crippen molar-refractivity contribution >= 4 is 21.9 Å². The Bertz CT molecular complexity index is 471. The van der Waals surface area contributed by atoms with E-state index in [4.69, 9.17) is 10.4 Å². The maximum absolute atomic E-state index is 12.6. The molecule has 0 aromatic carbocycles. The van der Waals surface area contributed by atoms with Crippen LogP contribution in [0.1, 0.15) is 23.4 Å². The van der Waals surface area contributed by atoms with Gasteiger partial charge in [0.15, 0.2) is 0 Å². The number of alkyl halides is 2. The van der Waals surface area contributed by atoms with Crippen molar-refractivity contribution in [1.82, 2.24) is 4.98 Å². The normalized spacial score (nSPS) is 10.2. The van der Waals surface area contributed by atoms with Gasteiger partial charge in [0.2, 0.25) is 0 Å². The molecule has 1 aromatic heterocycles. The van der Waals surface area contributed by atoms with E-state index < -0.39 is 24.4 Å². The molecule has 0 saturated heterocycles. The Morgan fingerprint density at radius 2 is 2.31 bits per heavy atom. The van der Waals surface area contributed by atoms with Crippen LogP contribution in [-0.4, -0.2) is 16.1 Å². The standard InChI is InChI=1S/C9H5BrF2N2O2/c10-5-1-4(3-13)14-6(2-7(15)16)8(5)9(11)12/h1,9H,2H2,(H,15,16). The zero-order valence-corrected chi connectivity index (χ0v) is 9.33. The minimum absolute atomic E-state index is 0.00898. The van der Waals surface area contributed by atoms with Gasteiger partial charge in [0, 0.05) is 4.47 Å². The molecule has 1 aromatic rings. The highest BCUT2D eigenvalue weighted by Crippen LogP contribution is 2.30. The Kier molecular flexibility index (Phi) is 3.90. The molecule has 1 rings (SSSR count). The van der Waals surface area contributed by atoms with E-state index >= 15 is 0 Å². The second kappa shape index (κ2) is 4.99. The van der Waals surface area contributed by atoms with Gasteiger partial charge in [-0.3, -0.25) is 4.79 Å². The summed E-state index contributed by atoms with van der Waals surface area (Å²) in [6.07, 6.45) is -3.49. The Hall–Kier alpha value is -1.55. The molecule has 0 saturated carbocycles.